The van der Waals surface area contributed by atoms with Crippen molar-refractivity contribution in [3.05, 3.63) is 63.4 Å². The molecule has 5 nitrogen and oxygen atoms in total. The fraction of sp³-hybridized carbons (Fsp3) is 0.235. The van der Waals surface area contributed by atoms with Gasteiger partial charge in [-0.3, -0.25) is 0 Å². The van der Waals surface area contributed by atoms with E-state index in [1.165, 1.54) is 0 Å². The van der Waals surface area contributed by atoms with E-state index >= 15 is 0 Å². The van der Waals surface area contributed by atoms with Crippen LogP contribution in [-0.2, 0) is 16.4 Å². The molecule has 0 aliphatic rings. The third kappa shape index (κ3) is 3.51. The molecule has 0 aliphatic heterocycles. The number of pyridine rings is 1. The van der Waals surface area contributed by atoms with Gasteiger partial charge < -0.3 is 4.98 Å². The van der Waals surface area contributed by atoms with E-state index in [1.54, 1.807) is 25.4 Å². The topological polar surface area (TPSA) is 88.8 Å². The van der Waals surface area contributed by atoms with Gasteiger partial charge in [-0.25, -0.2) is 27.3 Å². The van der Waals surface area contributed by atoms with Crippen LogP contribution in [0, 0.1) is 11.6 Å². The van der Waals surface area contributed by atoms with Crippen LogP contribution in [-0.4, -0.2) is 18.4 Å². The summed E-state index contributed by atoms with van der Waals surface area (Å²) >= 11 is 3.32. The monoisotopic (exact) mass is 443 g/mol. The zero-order valence-corrected chi connectivity index (χ0v) is 16.2. The molecule has 0 spiro atoms. The van der Waals surface area contributed by atoms with Crippen molar-refractivity contribution in [2.45, 2.75) is 25.0 Å². The van der Waals surface area contributed by atoms with E-state index in [9.17, 15) is 17.2 Å². The number of sulfonamides is 1. The number of primary sulfonamides is 1. The van der Waals surface area contributed by atoms with Crippen LogP contribution in [0.1, 0.15) is 35.3 Å². The van der Waals surface area contributed by atoms with Crippen molar-refractivity contribution in [3.63, 3.8) is 0 Å². The molecule has 26 heavy (non-hydrogen) atoms. The average molecular weight is 444 g/mol. The second kappa shape index (κ2) is 7.05. The summed E-state index contributed by atoms with van der Waals surface area (Å²) in [5.41, 5.74) is 0.916. The lowest BCUT2D eigenvalue weighted by atomic mass is 9.99. The quantitative estimate of drug-likeness (QED) is 0.625. The van der Waals surface area contributed by atoms with E-state index in [0.29, 0.717) is 11.2 Å². The van der Waals surface area contributed by atoms with Crippen LogP contribution in [0.5, 0.6) is 0 Å². The third-order valence-electron chi connectivity index (χ3n) is 4.28. The third-order valence-corrected chi connectivity index (χ3v) is 6.09. The molecule has 3 rings (SSSR count). The van der Waals surface area contributed by atoms with Crippen molar-refractivity contribution < 1.29 is 17.2 Å². The number of nitrogens with zero attached hydrogens (tertiary/aromatic N) is 1. The van der Waals surface area contributed by atoms with Crippen molar-refractivity contribution in [1.29, 1.82) is 0 Å². The molecule has 0 fully saturated rings. The summed E-state index contributed by atoms with van der Waals surface area (Å²) in [6.45, 7) is 1.58. The van der Waals surface area contributed by atoms with Gasteiger partial charge in [0.1, 0.15) is 22.5 Å². The van der Waals surface area contributed by atoms with Crippen LogP contribution in [0.2, 0.25) is 0 Å². The standard InChI is InChI=1S/C17H16BrF2N3O2S/c1-2-15(26(21,24)25)11-3-4-14(19)13(16(11)20)5-9-7-22-17-12(9)6-10(18)8-23-17/h3-4,6-8,15H,2,5H2,1H3,(H,22,23)(H2,21,24,25). The molecular formula is C17H16BrF2N3O2S. The zero-order chi connectivity index (χ0) is 19.1. The van der Waals surface area contributed by atoms with Gasteiger partial charge in [-0.1, -0.05) is 13.0 Å². The highest BCUT2D eigenvalue weighted by Gasteiger charge is 2.27. The first-order chi connectivity index (χ1) is 12.2. The highest BCUT2D eigenvalue weighted by molar-refractivity contribution is 9.10. The second-order valence-corrected chi connectivity index (χ2v) is 8.62. The van der Waals surface area contributed by atoms with Gasteiger partial charge in [0, 0.05) is 39.8 Å². The van der Waals surface area contributed by atoms with Gasteiger partial charge in [0.2, 0.25) is 10.0 Å². The number of hydrogen-bond donors (Lipinski definition) is 2. The van der Waals surface area contributed by atoms with Crippen molar-refractivity contribution in [2.24, 2.45) is 5.14 Å². The number of nitrogens with one attached hydrogen (secondary N) is 1. The first kappa shape index (κ1) is 18.9. The Balaban J connectivity index is 2.10. The van der Waals surface area contributed by atoms with Gasteiger partial charge >= 0.3 is 0 Å². The molecule has 0 radical (unpaired) electrons. The van der Waals surface area contributed by atoms with Crippen molar-refractivity contribution in [1.82, 2.24) is 9.97 Å². The Hall–Kier alpha value is -1.84. The fourth-order valence-corrected chi connectivity index (χ4v) is 4.36. The number of nitrogens with two attached hydrogens (primary N) is 1. The van der Waals surface area contributed by atoms with Crippen LogP contribution >= 0.6 is 15.9 Å². The van der Waals surface area contributed by atoms with E-state index < -0.39 is 26.9 Å². The SMILES string of the molecule is CCC(c1ccc(F)c(Cc2c[nH]c3ncc(Br)cc23)c1F)S(N)(=O)=O. The van der Waals surface area contributed by atoms with E-state index in [0.717, 1.165) is 22.0 Å². The van der Waals surface area contributed by atoms with Crippen LogP contribution in [0.4, 0.5) is 8.78 Å². The Morgan fingerprint density at radius 3 is 2.73 bits per heavy atom. The van der Waals surface area contributed by atoms with E-state index in [1.807, 2.05) is 0 Å². The zero-order valence-electron chi connectivity index (χ0n) is 13.8. The lowest BCUT2D eigenvalue weighted by Crippen LogP contribution is -2.22. The number of fused-ring (bicyclic) bond motifs is 1. The summed E-state index contributed by atoms with van der Waals surface area (Å²) in [7, 11) is -4.01. The van der Waals surface area contributed by atoms with Gasteiger partial charge in [0.25, 0.3) is 0 Å². The number of H-pyrrole nitrogens is 1. The molecule has 1 aromatic carbocycles. The number of halogens is 3. The number of aromatic nitrogens is 2. The van der Waals surface area contributed by atoms with Gasteiger partial charge in [-0.2, -0.15) is 0 Å². The molecule has 2 aromatic heterocycles. The van der Waals surface area contributed by atoms with E-state index in [-0.39, 0.29) is 24.0 Å². The Labute approximate surface area is 157 Å². The first-order valence-electron chi connectivity index (χ1n) is 7.82. The van der Waals surface area contributed by atoms with E-state index in [2.05, 4.69) is 25.9 Å². The van der Waals surface area contributed by atoms with Gasteiger partial charge in [0.05, 0.1) is 0 Å². The van der Waals surface area contributed by atoms with Crippen molar-refractivity contribution in [2.75, 3.05) is 0 Å². The molecule has 0 amide bonds. The first-order valence-corrected chi connectivity index (χ1v) is 10.2. The smallest absolute Gasteiger partial charge is 0.216 e. The predicted molar refractivity (Wildman–Crippen MR) is 99.1 cm³/mol. The number of hydrogen-bond acceptors (Lipinski definition) is 3. The number of rotatable bonds is 5. The maximum Gasteiger partial charge on any atom is 0.216 e. The molecule has 1 atom stereocenters. The maximum absolute atomic E-state index is 15.0. The highest BCUT2D eigenvalue weighted by Crippen LogP contribution is 2.31. The van der Waals surface area contributed by atoms with Gasteiger partial charge in [0.15, 0.2) is 0 Å². The molecule has 138 valence electrons. The van der Waals surface area contributed by atoms with Crippen molar-refractivity contribution >= 4 is 37.0 Å². The normalized spacial score (nSPS) is 13.3. The Morgan fingerprint density at radius 1 is 1.35 bits per heavy atom. The molecule has 0 saturated heterocycles. The summed E-state index contributed by atoms with van der Waals surface area (Å²) in [4.78, 5) is 7.15. The lowest BCUT2D eigenvalue weighted by molar-refractivity contribution is 0.538. The molecule has 1 unspecified atom stereocenters. The fourth-order valence-electron chi connectivity index (χ4n) is 3.02. The Kier molecular flexibility index (Phi) is 5.14. The molecular weight excluding hydrogens is 428 g/mol. The molecule has 3 N–H and O–H groups in total. The summed E-state index contributed by atoms with van der Waals surface area (Å²) in [5, 5.41) is 4.70. The van der Waals surface area contributed by atoms with Crippen LogP contribution < -0.4 is 5.14 Å². The largest absolute Gasteiger partial charge is 0.346 e. The summed E-state index contributed by atoms with van der Waals surface area (Å²) in [6, 6.07) is 4.01. The van der Waals surface area contributed by atoms with Crippen LogP contribution in [0.3, 0.4) is 0 Å². The highest BCUT2D eigenvalue weighted by atomic mass is 79.9. The minimum Gasteiger partial charge on any atom is -0.346 e. The number of aromatic amines is 1. The lowest BCUT2D eigenvalue weighted by Gasteiger charge is -2.16. The van der Waals surface area contributed by atoms with Crippen LogP contribution in [0.15, 0.2) is 35.1 Å². The summed E-state index contributed by atoms with van der Waals surface area (Å²) in [5.74, 6) is -1.63. The van der Waals surface area contributed by atoms with Crippen molar-refractivity contribution in [3.8, 4) is 0 Å². The predicted octanol–water partition coefficient (Wildman–Crippen LogP) is 3.93. The maximum atomic E-state index is 15.0. The van der Waals surface area contributed by atoms with Crippen LogP contribution in [0.25, 0.3) is 11.0 Å². The average Bonchev–Trinajstić information content (AvgIpc) is 2.95. The molecule has 3 aromatic rings. The summed E-state index contributed by atoms with van der Waals surface area (Å²) in [6.07, 6.45) is 3.28. The minimum atomic E-state index is -4.01. The second-order valence-electron chi connectivity index (χ2n) is 5.96. The number of benzene rings is 1. The molecule has 0 aliphatic carbocycles. The molecule has 0 bridgehead atoms. The molecule has 2 heterocycles. The van der Waals surface area contributed by atoms with E-state index in [4.69, 9.17) is 5.14 Å². The minimum absolute atomic E-state index is 0.0509. The molecule has 9 heteroatoms. The Bertz CT molecular complexity index is 1080. The molecule has 0 saturated carbocycles. The van der Waals surface area contributed by atoms with Gasteiger partial charge in [-0.15, -0.1) is 0 Å². The van der Waals surface area contributed by atoms with Gasteiger partial charge in [-0.05, 0) is 40.0 Å². The summed E-state index contributed by atoms with van der Waals surface area (Å²) < 4.78 is 53.5. The Morgan fingerprint density at radius 2 is 2.08 bits per heavy atom.